The Morgan fingerprint density at radius 2 is 1.90 bits per heavy atom. The van der Waals surface area contributed by atoms with E-state index in [1.165, 1.54) is 4.68 Å². The van der Waals surface area contributed by atoms with Crippen LogP contribution in [0.3, 0.4) is 0 Å². The normalized spacial score (nSPS) is 12.0. The third-order valence-electron chi connectivity index (χ3n) is 4.20. The number of methoxy groups -OCH3 is 1. The molecule has 1 aromatic heterocycles. The van der Waals surface area contributed by atoms with Gasteiger partial charge in [0.25, 0.3) is 5.56 Å². The summed E-state index contributed by atoms with van der Waals surface area (Å²) in [5.74, 6) is 1.64. The number of fused-ring (bicyclic) bond motifs is 1. The van der Waals surface area contributed by atoms with Gasteiger partial charge in [-0.25, -0.2) is 4.98 Å². The highest BCUT2D eigenvalue weighted by Crippen LogP contribution is 2.35. The van der Waals surface area contributed by atoms with E-state index in [0.717, 1.165) is 8.95 Å². The van der Waals surface area contributed by atoms with Crippen molar-refractivity contribution in [3.63, 3.8) is 0 Å². The second-order valence-electron chi connectivity index (χ2n) is 8.06. The molecule has 158 valence electrons. The van der Waals surface area contributed by atoms with Crippen LogP contribution in [0.15, 0.2) is 49.2 Å². The quantitative estimate of drug-likeness (QED) is 0.401. The third-order valence-corrected chi connectivity index (χ3v) is 5.15. The highest BCUT2D eigenvalue weighted by molar-refractivity contribution is 9.10. The van der Waals surface area contributed by atoms with Crippen LogP contribution in [-0.2, 0) is 0 Å². The number of nitrogens with zero attached hydrogens (tertiary/aromatic N) is 3. The number of aryl methyl sites for hydroxylation is 1. The van der Waals surface area contributed by atoms with Gasteiger partial charge >= 0.3 is 0 Å². The molecule has 3 aromatic rings. The van der Waals surface area contributed by atoms with Gasteiger partial charge in [-0.05, 0) is 42.7 Å². The van der Waals surface area contributed by atoms with E-state index in [1.807, 2.05) is 18.2 Å². The molecule has 0 saturated heterocycles. The minimum absolute atomic E-state index is 0.0321. The van der Waals surface area contributed by atoms with Crippen molar-refractivity contribution in [1.82, 2.24) is 9.66 Å². The molecule has 0 aliphatic carbocycles. The molecule has 0 unspecified atom stereocenters. The molecule has 0 N–H and O–H groups in total. The molecule has 30 heavy (non-hydrogen) atoms. The van der Waals surface area contributed by atoms with E-state index in [-0.39, 0.29) is 11.0 Å². The van der Waals surface area contributed by atoms with Crippen LogP contribution in [0, 0.1) is 12.3 Å². The minimum atomic E-state index is -0.242. The molecule has 0 atom stereocenters. The minimum Gasteiger partial charge on any atom is -0.493 e. The maximum atomic E-state index is 13.0. The van der Waals surface area contributed by atoms with Crippen molar-refractivity contribution in [2.45, 2.75) is 27.7 Å². The van der Waals surface area contributed by atoms with E-state index in [4.69, 9.17) is 9.47 Å². The second kappa shape index (κ2) is 8.89. The van der Waals surface area contributed by atoms with Gasteiger partial charge in [0.1, 0.15) is 5.82 Å². The lowest BCUT2D eigenvalue weighted by Crippen LogP contribution is -2.21. The molecule has 2 aromatic carbocycles. The van der Waals surface area contributed by atoms with Gasteiger partial charge in [-0.3, -0.25) is 4.79 Å². The Kier molecular flexibility index (Phi) is 6.67. The van der Waals surface area contributed by atoms with E-state index >= 15 is 0 Å². The van der Waals surface area contributed by atoms with Crippen LogP contribution >= 0.6 is 31.9 Å². The Hall–Kier alpha value is -2.19. The van der Waals surface area contributed by atoms with Crippen LogP contribution in [0.4, 0.5) is 0 Å². The number of hydrogen-bond acceptors (Lipinski definition) is 5. The Morgan fingerprint density at radius 1 is 1.17 bits per heavy atom. The Morgan fingerprint density at radius 3 is 2.57 bits per heavy atom. The highest BCUT2D eigenvalue weighted by atomic mass is 79.9. The number of ether oxygens (including phenoxy) is 2. The van der Waals surface area contributed by atoms with E-state index in [9.17, 15) is 4.79 Å². The number of halogens is 2. The second-order valence-corrected chi connectivity index (χ2v) is 9.89. The number of aromatic nitrogens is 2. The van der Waals surface area contributed by atoms with Gasteiger partial charge in [0.15, 0.2) is 11.5 Å². The number of rotatable bonds is 5. The average Bonchev–Trinajstić information content (AvgIpc) is 2.66. The Balaban J connectivity index is 2.09. The molecule has 6 nitrogen and oxygen atoms in total. The smallest absolute Gasteiger partial charge is 0.282 e. The Bertz CT molecular complexity index is 1180. The first-order valence-electron chi connectivity index (χ1n) is 9.32. The van der Waals surface area contributed by atoms with Gasteiger partial charge in [-0.15, -0.1) is 0 Å². The molecule has 0 radical (unpaired) electrons. The first-order chi connectivity index (χ1) is 14.1. The van der Waals surface area contributed by atoms with Crippen LogP contribution in [0.2, 0.25) is 0 Å². The summed E-state index contributed by atoms with van der Waals surface area (Å²) in [4.78, 5) is 17.5. The summed E-state index contributed by atoms with van der Waals surface area (Å²) in [6, 6.07) is 9.11. The molecular weight excluding hydrogens is 514 g/mol. The molecule has 0 amide bonds. The van der Waals surface area contributed by atoms with Gasteiger partial charge in [0, 0.05) is 14.5 Å². The molecular formula is C22H23Br2N3O3. The van der Waals surface area contributed by atoms with Crippen molar-refractivity contribution in [2.75, 3.05) is 13.7 Å². The van der Waals surface area contributed by atoms with Crippen LogP contribution in [0.1, 0.15) is 32.2 Å². The lowest BCUT2D eigenvalue weighted by molar-refractivity contribution is 0.191. The zero-order chi connectivity index (χ0) is 22.1. The third kappa shape index (κ3) is 5.10. The standard InChI is InChI=1S/C22H23Br2N3O3/c1-13-26-18-7-6-15(23)9-17(18)21(28)27(13)25-11-14-8-16(24)10-19(29-5)20(14)30-12-22(2,3)4/h6-11H,12H2,1-5H3. The summed E-state index contributed by atoms with van der Waals surface area (Å²) in [6.07, 6.45) is 1.59. The maximum Gasteiger partial charge on any atom is 0.282 e. The molecule has 8 heteroatoms. The lowest BCUT2D eigenvalue weighted by Gasteiger charge is -2.21. The molecule has 0 aliphatic heterocycles. The summed E-state index contributed by atoms with van der Waals surface area (Å²) < 4.78 is 14.5. The fourth-order valence-electron chi connectivity index (χ4n) is 2.80. The van der Waals surface area contributed by atoms with Gasteiger partial charge in [0.2, 0.25) is 0 Å². The molecule has 0 spiro atoms. The molecule has 1 heterocycles. The summed E-state index contributed by atoms with van der Waals surface area (Å²) in [5, 5.41) is 4.91. The first-order valence-corrected chi connectivity index (χ1v) is 10.9. The van der Waals surface area contributed by atoms with Crippen LogP contribution in [0.25, 0.3) is 10.9 Å². The number of hydrogen-bond donors (Lipinski definition) is 0. The van der Waals surface area contributed by atoms with Crippen LogP contribution < -0.4 is 15.0 Å². The van der Waals surface area contributed by atoms with Crippen molar-refractivity contribution in [3.8, 4) is 11.5 Å². The van der Waals surface area contributed by atoms with E-state index in [0.29, 0.717) is 40.4 Å². The van der Waals surface area contributed by atoms with E-state index < -0.39 is 0 Å². The van der Waals surface area contributed by atoms with Gasteiger partial charge in [0.05, 0.1) is 30.8 Å². The summed E-state index contributed by atoms with van der Waals surface area (Å²) in [6.45, 7) is 8.52. The van der Waals surface area contributed by atoms with Gasteiger partial charge < -0.3 is 9.47 Å². The molecule has 0 saturated carbocycles. The van der Waals surface area contributed by atoms with Gasteiger partial charge in [-0.1, -0.05) is 52.6 Å². The average molecular weight is 537 g/mol. The fraction of sp³-hybridized carbons (Fsp3) is 0.318. The van der Waals surface area contributed by atoms with Crippen LogP contribution in [0.5, 0.6) is 11.5 Å². The summed E-state index contributed by atoms with van der Waals surface area (Å²) in [7, 11) is 1.59. The van der Waals surface area contributed by atoms with E-state index in [1.54, 1.807) is 32.4 Å². The van der Waals surface area contributed by atoms with E-state index in [2.05, 4.69) is 62.7 Å². The topological polar surface area (TPSA) is 65.7 Å². The maximum absolute atomic E-state index is 13.0. The zero-order valence-electron chi connectivity index (χ0n) is 17.5. The largest absolute Gasteiger partial charge is 0.493 e. The summed E-state index contributed by atoms with van der Waals surface area (Å²) >= 11 is 6.89. The molecule has 0 aliphatic rings. The zero-order valence-corrected chi connectivity index (χ0v) is 20.7. The monoisotopic (exact) mass is 535 g/mol. The fourth-order valence-corrected chi connectivity index (χ4v) is 3.61. The molecule has 3 rings (SSSR count). The predicted octanol–water partition coefficient (Wildman–Crippen LogP) is 5.55. The van der Waals surface area contributed by atoms with Crippen molar-refractivity contribution < 1.29 is 9.47 Å². The van der Waals surface area contributed by atoms with Gasteiger partial charge in [-0.2, -0.15) is 9.78 Å². The van der Waals surface area contributed by atoms with Crippen molar-refractivity contribution in [2.24, 2.45) is 10.5 Å². The Labute approximate surface area is 192 Å². The highest BCUT2D eigenvalue weighted by Gasteiger charge is 2.17. The van der Waals surface area contributed by atoms with Crippen molar-refractivity contribution in [3.05, 3.63) is 61.0 Å². The first kappa shape index (κ1) is 22.5. The van der Waals surface area contributed by atoms with Crippen LogP contribution in [-0.4, -0.2) is 29.6 Å². The lowest BCUT2D eigenvalue weighted by atomic mass is 9.98. The molecule has 0 bridgehead atoms. The SMILES string of the molecule is COc1cc(Br)cc(C=Nn2c(C)nc3ccc(Br)cc3c2=O)c1OCC(C)(C)C. The predicted molar refractivity (Wildman–Crippen MR) is 127 cm³/mol. The van der Waals surface area contributed by atoms with Crippen molar-refractivity contribution >= 4 is 49.0 Å². The molecule has 0 fully saturated rings. The summed E-state index contributed by atoms with van der Waals surface area (Å²) in [5.41, 5.74) is 1.04. The van der Waals surface area contributed by atoms with Crippen molar-refractivity contribution in [1.29, 1.82) is 0 Å². The number of benzene rings is 2.